The van der Waals surface area contributed by atoms with Crippen molar-refractivity contribution in [1.29, 1.82) is 0 Å². The quantitative estimate of drug-likeness (QED) is 0.400. The minimum Gasteiger partial charge on any atom is -0.489 e. The summed E-state index contributed by atoms with van der Waals surface area (Å²) in [5.74, 6) is 3.61. The maximum Gasteiger partial charge on any atom is 0.125 e. The Labute approximate surface area is 207 Å². The molecule has 0 bridgehead atoms. The van der Waals surface area contributed by atoms with Crippen LogP contribution in [0.25, 0.3) is 11.0 Å². The first kappa shape index (κ1) is 23.5. The molecule has 0 unspecified atom stereocenters. The van der Waals surface area contributed by atoms with Crippen LogP contribution < -0.4 is 0 Å². The van der Waals surface area contributed by atoms with Gasteiger partial charge in [-0.05, 0) is 52.2 Å². The molecule has 0 aliphatic carbocycles. The molecule has 2 heteroatoms. The third kappa shape index (κ3) is 6.44. The number of allylic oxidation sites excluding steroid dienone is 9. The van der Waals surface area contributed by atoms with Gasteiger partial charge < -0.3 is 4.74 Å². The van der Waals surface area contributed by atoms with Crippen LogP contribution in [0.4, 0.5) is 0 Å². The largest absolute Gasteiger partial charge is 0.489 e. The number of thioether (sulfide) groups is 1. The van der Waals surface area contributed by atoms with E-state index in [9.17, 15) is 0 Å². The van der Waals surface area contributed by atoms with E-state index < -0.39 is 0 Å². The van der Waals surface area contributed by atoms with E-state index in [1.165, 1.54) is 26.5 Å². The molecule has 2 aromatic carbocycles. The molecule has 1 nitrogen and oxygen atoms in total. The van der Waals surface area contributed by atoms with Gasteiger partial charge >= 0.3 is 0 Å². The molecule has 0 amide bonds. The zero-order chi connectivity index (χ0) is 23.6. The minimum atomic E-state index is 0.477. The van der Waals surface area contributed by atoms with Gasteiger partial charge in [-0.15, -0.1) is 12.3 Å². The summed E-state index contributed by atoms with van der Waals surface area (Å²) in [5, 5.41) is 0. The van der Waals surface area contributed by atoms with Crippen molar-refractivity contribution in [2.24, 2.45) is 0 Å². The van der Waals surface area contributed by atoms with Gasteiger partial charge in [0.25, 0.3) is 0 Å². The number of hydrogen-bond donors (Lipinski definition) is 0. The highest BCUT2D eigenvalue weighted by Gasteiger charge is 2.16. The molecule has 0 N–H and O–H groups in total. The van der Waals surface area contributed by atoms with Crippen LogP contribution in [0.5, 0.6) is 0 Å². The van der Waals surface area contributed by atoms with Crippen LogP contribution in [0, 0.1) is 12.3 Å². The van der Waals surface area contributed by atoms with Crippen molar-refractivity contribution in [2.45, 2.75) is 19.3 Å². The van der Waals surface area contributed by atoms with E-state index in [-0.39, 0.29) is 0 Å². The Hall–Kier alpha value is -3.67. The van der Waals surface area contributed by atoms with E-state index in [0.717, 1.165) is 29.7 Å². The van der Waals surface area contributed by atoms with Gasteiger partial charge in [-0.1, -0.05) is 109 Å². The SMILES string of the molecule is C#CC/C1=C(\C=C2/CC=C(c3ccccc3)S2)OC/C=C\C(C/C=C/c2ccccc2)=C/C1=C. The highest BCUT2D eigenvalue weighted by Crippen LogP contribution is 2.43. The van der Waals surface area contributed by atoms with Gasteiger partial charge in [0.15, 0.2) is 0 Å². The Bertz CT molecular complexity index is 1250. The molecule has 2 heterocycles. The second-order valence-electron chi connectivity index (χ2n) is 8.05. The van der Waals surface area contributed by atoms with Gasteiger partial charge in [0.1, 0.15) is 12.4 Å². The summed E-state index contributed by atoms with van der Waals surface area (Å²) in [5.41, 5.74) is 5.48. The van der Waals surface area contributed by atoms with Crippen LogP contribution in [-0.2, 0) is 4.74 Å². The topological polar surface area (TPSA) is 9.23 Å². The molecule has 0 saturated heterocycles. The molecule has 2 aliphatic heterocycles. The van der Waals surface area contributed by atoms with Crippen LogP contribution in [0.3, 0.4) is 0 Å². The number of benzene rings is 2. The van der Waals surface area contributed by atoms with Gasteiger partial charge in [-0.2, -0.15) is 0 Å². The summed E-state index contributed by atoms with van der Waals surface area (Å²) >= 11 is 1.79. The fraction of sp³-hybridized carbons (Fsp3) is 0.125. The number of terminal acetylenes is 1. The van der Waals surface area contributed by atoms with Crippen LogP contribution in [0.15, 0.2) is 131 Å². The molecule has 4 rings (SSSR count). The molecule has 0 fully saturated rings. The van der Waals surface area contributed by atoms with Gasteiger partial charge in [0, 0.05) is 16.9 Å². The summed E-state index contributed by atoms with van der Waals surface area (Å²) in [6, 6.07) is 20.8. The highest BCUT2D eigenvalue weighted by atomic mass is 32.2. The molecular weight excluding hydrogens is 432 g/mol. The highest BCUT2D eigenvalue weighted by molar-refractivity contribution is 8.12. The van der Waals surface area contributed by atoms with Crippen LogP contribution in [-0.4, -0.2) is 6.61 Å². The number of rotatable bonds is 6. The van der Waals surface area contributed by atoms with E-state index in [2.05, 4.69) is 91.4 Å². The van der Waals surface area contributed by atoms with Crippen molar-refractivity contribution in [1.82, 2.24) is 0 Å². The fourth-order valence-corrected chi connectivity index (χ4v) is 4.86. The van der Waals surface area contributed by atoms with E-state index in [1.54, 1.807) is 11.8 Å². The average molecular weight is 461 g/mol. The van der Waals surface area contributed by atoms with E-state index in [0.29, 0.717) is 13.0 Å². The molecule has 0 spiro atoms. The Morgan fingerprint density at radius 3 is 2.59 bits per heavy atom. The Kier molecular flexibility index (Phi) is 8.27. The first-order valence-electron chi connectivity index (χ1n) is 11.4. The Morgan fingerprint density at radius 1 is 1.06 bits per heavy atom. The maximum absolute atomic E-state index is 6.20. The molecule has 0 saturated carbocycles. The van der Waals surface area contributed by atoms with Crippen LogP contribution >= 0.6 is 11.8 Å². The predicted octanol–water partition coefficient (Wildman–Crippen LogP) is 8.50. The van der Waals surface area contributed by atoms with Crippen molar-refractivity contribution in [3.05, 3.63) is 142 Å². The van der Waals surface area contributed by atoms with Gasteiger partial charge in [-0.3, -0.25) is 0 Å². The minimum absolute atomic E-state index is 0.477. The summed E-state index contributed by atoms with van der Waals surface area (Å²) in [4.78, 5) is 2.52. The second-order valence-corrected chi connectivity index (χ2v) is 9.22. The number of hydrogen-bond acceptors (Lipinski definition) is 2. The summed E-state index contributed by atoms with van der Waals surface area (Å²) < 4.78 is 6.20. The molecular formula is C32H28OS. The van der Waals surface area contributed by atoms with Gasteiger partial charge in [0.2, 0.25) is 0 Å². The third-order valence-corrected chi connectivity index (χ3v) is 6.70. The summed E-state index contributed by atoms with van der Waals surface area (Å²) in [7, 11) is 0. The lowest BCUT2D eigenvalue weighted by molar-refractivity contribution is 0.258. The molecule has 0 radical (unpaired) electrons. The van der Waals surface area contributed by atoms with Crippen molar-refractivity contribution < 1.29 is 4.74 Å². The van der Waals surface area contributed by atoms with E-state index in [4.69, 9.17) is 11.2 Å². The van der Waals surface area contributed by atoms with Gasteiger partial charge in [-0.25, -0.2) is 0 Å². The van der Waals surface area contributed by atoms with Crippen LogP contribution in [0.2, 0.25) is 0 Å². The van der Waals surface area contributed by atoms with Crippen molar-refractivity contribution in [3.63, 3.8) is 0 Å². The second kappa shape index (κ2) is 12.0. The molecule has 0 aromatic heterocycles. The zero-order valence-corrected chi connectivity index (χ0v) is 20.1. The third-order valence-electron chi connectivity index (χ3n) is 5.53. The average Bonchev–Trinajstić information content (AvgIpc) is 3.35. The molecule has 0 atom stereocenters. The number of ether oxygens (including phenoxy) is 1. The van der Waals surface area contributed by atoms with Gasteiger partial charge in [0.05, 0.1) is 0 Å². The lowest BCUT2D eigenvalue weighted by Gasteiger charge is -2.13. The Morgan fingerprint density at radius 2 is 1.82 bits per heavy atom. The normalized spacial score (nSPS) is 22.2. The van der Waals surface area contributed by atoms with Crippen molar-refractivity contribution in [2.75, 3.05) is 6.61 Å². The first-order valence-corrected chi connectivity index (χ1v) is 12.3. The maximum atomic E-state index is 6.20. The van der Waals surface area contributed by atoms with E-state index in [1.807, 2.05) is 24.3 Å². The zero-order valence-electron chi connectivity index (χ0n) is 19.2. The van der Waals surface area contributed by atoms with Crippen molar-refractivity contribution >= 4 is 22.7 Å². The monoisotopic (exact) mass is 460 g/mol. The molecule has 34 heavy (non-hydrogen) atoms. The molecule has 168 valence electrons. The standard InChI is InChI=1S/C32H28OS/c1-3-12-30-25(2)23-27(16-10-15-26-13-6-4-7-14-26)17-11-22-33-31(30)24-29-20-21-32(34-29)28-18-8-5-9-19-28/h1,4-11,13-15,17-19,21,23-24H,2,12,16,20,22H2/b15-10+,17-11-,27-23-,29-24+,31-30-. The van der Waals surface area contributed by atoms with Crippen LogP contribution in [0.1, 0.15) is 30.4 Å². The lowest BCUT2D eigenvalue weighted by atomic mass is 9.99. The van der Waals surface area contributed by atoms with Crippen molar-refractivity contribution in [3.8, 4) is 12.3 Å². The summed E-state index contributed by atoms with van der Waals surface area (Å²) in [6.07, 6.45) is 22.9. The fourth-order valence-electron chi connectivity index (χ4n) is 3.83. The smallest absolute Gasteiger partial charge is 0.125 e. The lowest BCUT2D eigenvalue weighted by Crippen LogP contribution is -1.98. The van der Waals surface area contributed by atoms with E-state index >= 15 is 0 Å². The Balaban J connectivity index is 1.54. The predicted molar refractivity (Wildman–Crippen MR) is 148 cm³/mol. The molecule has 2 aliphatic rings. The summed E-state index contributed by atoms with van der Waals surface area (Å²) in [6.45, 7) is 4.83. The molecule has 2 aromatic rings. The first-order chi connectivity index (χ1) is 16.7.